The molecule has 0 radical (unpaired) electrons. The first-order valence-corrected chi connectivity index (χ1v) is 18.7. The topological polar surface area (TPSA) is 94.8 Å². The van der Waals surface area contributed by atoms with E-state index in [1.807, 2.05) is 168 Å². The van der Waals surface area contributed by atoms with E-state index in [2.05, 4.69) is 0 Å². The largest absolute Gasteiger partial charge is 0.871 e. The van der Waals surface area contributed by atoms with Gasteiger partial charge in [0.1, 0.15) is 30.0 Å². The quantitative estimate of drug-likeness (QED) is 0.0908. The van der Waals surface area contributed by atoms with E-state index < -0.39 is 0 Å². The van der Waals surface area contributed by atoms with Gasteiger partial charge in [0.25, 0.3) is 0 Å². The number of ether oxygens (including phenoxy) is 4. The SMILES string of the molecule is COc1cc(/C=C/c2cccn2C)c(OC)cc1/C=C/C1=[N+](C)C(=C2/C(=O)C(c3ccc(/C=C/c4cc(OC)c(/C=C/c5cccn5C)cc4OC)n3C)=C2[O-])/C=C1. The lowest BCUT2D eigenvalue weighted by Gasteiger charge is -2.30. The first-order chi connectivity index (χ1) is 28.1. The molecule has 5 aromatic rings. The van der Waals surface area contributed by atoms with Crippen LogP contribution in [-0.4, -0.2) is 65.3 Å². The molecule has 3 aromatic heterocycles. The molecule has 1 aliphatic carbocycles. The lowest BCUT2D eigenvalue weighted by atomic mass is 9.84. The van der Waals surface area contributed by atoms with Gasteiger partial charge in [-0.1, -0.05) is 5.76 Å². The minimum Gasteiger partial charge on any atom is -0.871 e. The summed E-state index contributed by atoms with van der Waals surface area (Å²) in [4.78, 5) is 13.7. The molecule has 0 amide bonds. The zero-order valence-electron chi connectivity index (χ0n) is 33.9. The van der Waals surface area contributed by atoms with Crippen LogP contribution < -0.4 is 24.1 Å². The van der Waals surface area contributed by atoms with Crippen molar-refractivity contribution in [3.05, 3.63) is 153 Å². The zero-order chi connectivity index (χ0) is 41.1. The lowest BCUT2D eigenvalue weighted by Crippen LogP contribution is -2.32. The molecule has 0 atom stereocenters. The molecule has 10 heteroatoms. The Morgan fingerprint density at radius 3 is 1.43 bits per heavy atom. The van der Waals surface area contributed by atoms with Gasteiger partial charge in [-0.15, -0.1) is 0 Å². The van der Waals surface area contributed by atoms with Gasteiger partial charge in [0.2, 0.25) is 17.2 Å². The Kier molecular flexibility index (Phi) is 11.1. The molecule has 1 aliphatic heterocycles. The monoisotopic (exact) mass is 774 g/mol. The fourth-order valence-electron chi connectivity index (χ4n) is 7.16. The van der Waals surface area contributed by atoms with Crippen molar-refractivity contribution in [3.63, 3.8) is 0 Å². The molecular formula is C48H46N4O6. The summed E-state index contributed by atoms with van der Waals surface area (Å²) in [6, 6.07) is 19.5. The third-order valence-corrected chi connectivity index (χ3v) is 10.6. The number of benzene rings is 2. The van der Waals surface area contributed by atoms with Gasteiger partial charge >= 0.3 is 0 Å². The molecule has 0 fully saturated rings. The van der Waals surface area contributed by atoms with Gasteiger partial charge in [0, 0.05) is 96.7 Å². The summed E-state index contributed by atoms with van der Waals surface area (Å²) in [7, 11) is 14.2. The standard InChI is InChI=1S/C48H46N4O6/c1-49-25-9-11-35(49)17-13-31-27-43(57-7)33(29-41(31)55-5)15-19-37-21-23-39(51(37)3)45-47(53)46(48(45)54)40-24-22-38(52(40)4)20-16-34-30-42(56-6)32(28-44(34)58-8)14-18-36-12-10-26-50(36)2/h9-30H,1-8H3. The average Bonchev–Trinajstić information content (AvgIpc) is 4.02. The molecule has 294 valence electrons. The zero-order valence-corrected chi connectivity index (χ0v) is 33.9. The van der Waals surface area contributed by atoms with Crippen molar-refractivity contribution < 1.29 is 33.4 Å². The molecule has 0 unspecified atom stereocenters. The van der Waals surface area contributed by atoms with Crippen molar-refractivity contribution in [1.29, 1.82) is 0 Å². The van der Waals surface area contributed by atoms with Crippen molar-refractivity contribution in [1.82, 2.24) is 13.7 Å². The molecule has 4 heterocycles. The highest BCUT2D eigenvalue weighted by molar-refractivity contribution is 6.39. The Hall–Kier alpha value is -7.20. The number of allylic oxidation sites excluding steroid dienone is 5. The number of aryl methyl sites for hydroxylation is 2. The molecule has 7 rings (SSSR count). The summed E-state index contributed by atoms with van der Waals surface area (Å²) in [5.41, 5.74) is 8.58. The maximum Gasteiger partial charge on any atom is 0.216 e. The average molecular weight is 775 g/mol. The molecule has 58 heavy (non-hydrogen) atoms. The number of hydrogen-bond acceptors (Lipinski definition) is 6. The Balaban J connectivity index is 1.11. The van der Waals surface area contributed by atoms with Crippen molar-refractivity contribution in [2.24, 2.45) is 21.1 Å². The van der Waals surface area contributed by atoms with Crippen LogP contribution in [0.1, 0.15) is 45.0 Å². The van der Waals surface area contributed by atoms with Crippen molar-refractivity contribution in [3.8, 4) is 23.0 Å². The molecule has 0 saturated carbocycles. The summed E-state index contributed by atoms with van der Waals surface area (Å²) < 4.78 is 30.7. The Morgan fingerprint density at radius 1 is 0.569 bits per heavy atom. The fourth-order valence-corrected chi connectivity index (χ4v) is 7.16. The van der Waals surface area contributed by atoms with Crippen LogP contribution in [0.2, 0.25) is 0 Å². The van der Waals surface area contributed by atoms with E-state index in [0.717, 1.165) is 45.0 Å². The summed E-state index contributed by atoms with van der Waals surface area (Å²) in [5.74, 6) is 2.18. The second-order valence-electron chi connectivity index (χ2n) is 13.9. The van der Waals surface area contributed by atoms with Gasteiger partial charge in [0.05, 0.1) is 39.7 Å². The molecule has 0 saturated heterocycles. The van der Waals surface area contributed by atoms with Crippen LogP contribution in [0.4, 0.5) is 0 Å². The Labute approximate surface area is 338 Å². The molecule has 2 aliphatic rings. The number of hydrogen-bond donors (Lipinski definition) is 0. The summed E-state index contributed by atoms with van der Waals surface area (Å²) >= 11 is 0. The van der Waals surface area contributed by atoms with Crippen LogP contribution in [0, 0.1) is 0 Å². The van der Waals surface area contributed by atoms with Crippen LogP contribution in [0.15, 0.2) is 108 Å². The van der Waals surface area contributed by atoms with Gasteiger partial charge in [-0.3, -0.25) is 4.79 Å². The number of nitrogens with zero attached hydrogens (tertiary/aromatic N) is 4. The number of rotatable bonds is 13. The van der Waals surface area contributed by atoms with Gasteiger partial charge < -0.3 is 37.8 Å². The molecule has 10 nitrogen and oxygen atoms in total. The van der Waals surface area contributed by atoms with Gasteiger partial charge in [0.15, 0.2) is 0 Å². The highest BCUT2D eigenvalue weighted by Gasteiger charge is 2.37. The molecule has 0 N–H and O–H groups in total. The molecule has 0 spiro atoms. The molecule has 0 bridgehead atoms. The predicted molar refractivity (Wildman–Crippen MR) is 230 cm³/mol. The van der Waals surface area contributed by atoms with E-state index in [0.29, 0.717) is 34.4 Å². The lowest BCUT2D eigenvalue weighted by molar-refractivity contribution is -0.435. The number of methoxy groups -OCH3 is 4. The summed E-state index contributed by atoms with van der Waals surface area (Å²) in [6.45, 7) is 0. The second-order valence-corrected chi connectivity index (χ2v) is 13.9. The maximum absolute atomic E-state index is 13.7. The summed E-state index contributed by atoms with van der Waals surface area (Å²) in [5, 5.41) is 13.7. The van der Waals surface area contributed by atoms with Gasteiger partial charge in [-0.05, 0) is 103 Å². The van der Waals surface area contributed by atoms with Crippen LogP contribution >= 0.6 is 0 Å². The van der Waals surface area contributed by atoms with Crippen molar-refractivity contribution >= 4 is 59.6 Å². The smallest absolute Gasteiger partial charge is 0.216 e. The fraction of sp³-hybridized carbons (Fsp3) is 0.167. The van der Waals surface area contributed by atoms with Crippen molar-refractivity contribution in [2.45, 2.75) is 0 Å². The third-order valence-electron chi connectivity index (χ3n) is 10.6. The first kappa shape index (κ1) is 39.1. The minimum absolute atomic E-state index is 0.169. The normalized spacial score (nSPS) is 15.7. The Bertz CT molecular complexity index is 2680. The van der Waals surface area contributed by atoms with Crippen LogP contribution in [-0.2, 0) is 25.9 Å². The van der Waals surface area contributed by atoms with E-state index in [-0.39, 0.29) is 22.7 Å². The van der Waals surface area contributed by atoms with Crippen LogP contribution in [0.25, 0.3) is 48.1 Å². The van der Waals surface area contributed by atoms with Gasteiger partial charge in [-0.25, -0.2) is 0 Å². The number of ketones is 1. The Morgan fingerprint density at radius 2 is 1.02 bits per heavy atom. The highest BCUT2D eigenvalue weighted by Crippen LogP contribution is 2.39. The summed E-state index contributed by atoms with van der Waals surface area (Å²) in [6.07, 6.45) is 23.4. The van der Waals surface area contributed by atoms with Crippen LogP contribution in [0.5, 0.6) is 23.0 Å². The van der Waals surface area contributed by atoms with E-state index in [1.54, 1.807) is 40.6 Å². The number of carbonyl (C=O) groups excluding carboxylic acids is 1. The number of Topliss-reactive ketones (excluding diaryl/α,β-unsaturated/α-hetero) is 1. The third kappa shape index (κ3) is 7.39. The number of carbonyl (C=O) groups is 1. The van der Waals surface area contributed by atoms with Crippen LogP contribution in [0.3, 0.4) is 0 Å². The minimum atomic E-state index is -0.283. The van der Waals surface area contributed by atoms with Crippen molar-refractivity contribution in [2.75, 3.05) is 35.5 Å². The van der Waals surface area contributed by atoms with E-state index in [1.165, 1.54) is 0 Å². The molecular weight excluding hydrogens is 729 g/mol. The van der Waals surface area contributed by atoms with E-state index >= 15 is 0 Å². The maximum atomic E-state index is 13.7. The van der Waals surface area contributed by atoms with E-state index in [9.17, 15) is 9.90 Å². The highest BCUT2D eigenvalue weighted by atomic mass is 16.5. The first-order valence-electron chi connectivity index (χ1n) is 18.7. The molecule has 2 aromatic carbocycles. The second kappa shape index (κ2) is 16.5. The number of likely N-dealkylation sites (N-methyl/N-ethyl adjacent to an activating group) is 1. The van der Waals surface area contributed by atoms with Gasteiger partial charge in [-0.2, -0.15) is 4.58 Å². The predicted octanol–water partition coefficient (Wildman–Crippen LogP) is 7.52. The number of aromatic nitrogens is 3. The van der Waals surface area contributed by atoms with E-state index in [4.69, 9.17) is 18.9 Å².